The van der Waals surface area contributed by atoms with E-state index in [-0.39, 0.29) is 11.8 Å². The van der Waals surface area contributed by atoms with Crippen LogP contribution in [0.2, 0.25) is 0 Å². The summed E-state index contributed by atoms with van der Waals surface area (Å²) in [6.45, 7) is 1.69. The molecule has 0 bridgehead atoms. The number of nitrogens with one attached hydrogen (secondary N) is 2. The molecule has 94 valence electrons. The molecule has 1 aromatic rings. The van der Waals surface area contributed by atoms with Crippen molar-refractivity contribution in [1.29, 1.82) is 0 Å². The zero-order chi connectivity index (χ0) is 12.1. The fourth-order valence-electron chi connectivity index (χ4n) is 1.95. The van der Waals surface area contributed by atoms with Crippen molar-refractivity contribution < 1.29 is 8.42 Å². The maximum atomic E-state index is 11.9. The Morgan fingerprint density at radius 2 is 2.41 bits per heavy atom. The Morgan fingerprint density at radius 3 is 3.06 bits per heavy atom. The van der Waals surface area contributed by atoms with E-state index in [2.05, 4.69) is 15.0 Å². The zero-order valence-electron chi connectivity index (χ0n) is 9.59. The third kappa shape index (κ3) is 4.07. The standard InChI is InChI=1S/C11H17N3O2S/c15-17(16,9-10-3-1-5-12-7-10)14-11-4-2-6-13-8-11/h1,3,5,7,11,13-14H,2,4,6,8-9H2/t11-/m0/s1. The van der Waals surface area contributed by atoms with E-state index in [0.29, 0.717) is 12.1 Å². The molecule has 1 aromatic heterocycles. The molecule has 0 unspecified atom stereocenters. The third-order valence-electron chi connectivity index (χ3n) is 2.72. The summed E-state index contributed by atoms with van der Waals surface area (Å²) in [5.74, 6) is -0.00264. The molecule has 17 heavy (non-hydrogen) atoms. The molecule has 2 rings (SSSR count). The van der Waals surface area contributed by atoms with E-state index in [1.807, 2.05) is 0 Å². The molecule has 0 aromatic carbocycles. The highest BCUT2D eigenvalue weighted by atomic mass is 32.2. The Hall–Kier alpha value is -0.980. The van der Waals surface area contributed by atoms with Gasteiger partial charge in [-0.25, -0.2) is 13.1 Å². The summed E-state index contributed by atoms with van der Waals surface area (Å²) in [6, 6.07) is 3.53. The molecule has 1 aliphatic rings. The molecule has 0 spiro atoms. The predicted molar refractivity (Wildman–Crippen MR) is 65.9 cm³/mol. The summed E-state index contributed by atoms with van der Waals surface area (Å²) in [4.78, 5) is 3.91. The number of aromatic nitrogens is 1. The Morgan fingerprint density at radius 1 is 1.53 bits per heavy atom. The summed E-state index contributed by atoms with van der Waals surface area (Å²) in [6.07, 6.45) is 5.13. The lowest BCUT2D eigenvalue weighted by atomic mass is 10.1. The van der Waals surface area contributed by atoms with Gasteiger partial charge in [-0.1, -0.05) is 6.07 Å². The zero-order valence-corrected chi connectivity index (χ0v) is 10.4. The Labute approximate surface area is 102 Å². The van der Waals surface area contributed by atoms with Crippen LogP contribution in [0.15, 0.2) is 24.5 Å². The normalized spacial score (nSPS) is 21.3. The maximum Gasteiger partial charge on any atom is 0.216 e. The number of rotatable bonds is 4. The number of nitrogens with zero attached hydrogens (tertiary/aromatic N) is 1. The molecular formula is C11H17N3O2S. The van der Waals surface area contributed by atoms with Gasteiger partial charge in [0.25, 0.3) is 0 Å². The van der Waals surface area contributed by atoms with E-state index in [4.69, 9.17) is 0 Å². The molecule has 2 heterocycles. The Balaban J connectivity index is 1.94. The van der Waals surface area contributed by atoms with E-state index < -0.39 is 10.0 Å². The molecule has 0 aliphatic carbocycles. The largest absolute Gasteiger partial charge is 0.315 e. The second-order valence-corrected chi connectivity index (χ2v) is 6.04. The number of hydrogen-bond acceptors (Lipinski definition) is 4. The van der Waals surface area contributed by atoms with Gasteiger partial charge in [-0.2, -0.15) is 0 Å². The van der Waals surface area contributed by atoms with Gasteiger partial charge in [0.05, 0.1) is 5.75 Å². The summed E-state index contributed by atoms with van der Waals surface area (Å²) >= 11 is 0. The molecule has 1 saturated heterocycles. The molecule has 0 saturated carbocycles. The first-order chi connectivity index (χ1) is 8.16. The van der Waals surface area contributed by atoms with E-state index >= 15 is 0 Å². The average Bonchev–Trinajstić information content (AvgIpc) is 2.30. The van der Waals surface area contributed by atoms with Crippen LogP contribution in [0.3, 0.4) is 0 Å². The lowest BCUT2D eigenvalue weighted by molar-refractivity contribution is 0.428. The van der Waals surface area contributed by atoms with Gasteiger partial charge in [0.15, 0.2) is 0 Å². The first kappa shape index (κ1) is 12.5. The maximum absolute atomic E-state index is 11.9. The van der Waals surface area contributed by atoms with Gasteiger partial charge in [-0.05, 0) is 31.0 Å². The third-order valence-corrected chi connectivity index (χ3v) is 4.13. The molecule has 0 radical (unpaired) electrons. The minimum Gasteiger partial charge on any atom is -0.315 e. The van der Waals surface area contributed by atoms with Crippen LogP contribution in [0.25, 0.3) is 0 Å². The van der Waals surface area contributed by atoms with Crippen molar-refractivity contribution in [3.63, 3.8) is 0 Å². The van der Waals surface area contributed by atoms with Crippen LogP contribution in [0.5, 0.6) is 0 Å². The quantitative estimate of drug-likeness (QED) is 0.809. The van der Waals surface area contributed by atoms with Crippen molar-refractivity contribution in [2.24, 2.45) is 0 Å². The van der Waals surface area contributed by atoms with Crippen LogP contribution < -0.4 is 10.0 Å². The minimum absolute atomic E-state index is 0.00264. The molecule has 2 N–H and O–H groups in total. The summed E-state index contributed by atoms with van der Waals surface area (Å²) in [5.41, 5.74) is 0.712. The first-order valence-electron chi connectivity index (χ1n) is 5.75. The van der Waals surface area contributed by atoms with Crippen LogP contribution >= 0.6 is 0 Å². The van der Waals surface area contributed by atoms with Crippen LogP contribution in [0, 0.1) is 0 Å². The van der Waals surface area contributed by atoms with E-state index in [0.717, 1.165) is 19.4 Å². The fourth-order valence-corrected chi connectivity index (χ4v) is 3.35. The van der Waals surface area contributed by atoms with Crippen molar-refractivity contribution in [2.75, 3.05) is 13.1 Å². The molecule has 5 nitrogen and oxygen atoms in total. The van der Waals surface area contributed by atoms with Gasteiger partial charge in [0.2, 0.25) is 10.0 Å². The lowest BCUT2D eigenvalue weighted by Crippen LogP contribution is -2.45. The summed E-state index contributed by atoms with van der Waals surface area (Å²) < 4.78 is 26.5. The summed E-state index contributed by atoms with van der Waals surface area (Å²) in [7, 11) is -3.26. The van der Waals surface area contributed by atoms with Crippen molar-refractivity contribution in [3.05, 3.63) is 30.1 Å². The van der Waals surface area contributed by atoms with Crippen LogP contribution in [-0.4, -0.2) is 32.5 Å². The molecule has 6 heteroatoms. The topological polar surface area (TPSA) is 71.1 Å². The van der Waals surface area contributed by atoms with Crippen molar-refractivity contribution in [2.45, 2.75) is 24.6 Å². The number of hydrogen-bond donors (Lipinski definition) is 2. The highest BCUT2D eigenvalue weighted by Gasteiger charge is 2.20. The number of pyridine rings is 1. The van der Waals surface area contributed by atoms with Gasteiger partial charge in [0.1, 0.15) is 0 Å². The molecule has 1 atom stereocenters. The monoisotopic (exact) mass is 255 g/mol. The number of sulfonamides is 1. The van der Waals surface area contributed by atoms with Crippen LogP contribution in [0.4, 0.5) is 0 Å². The van der Waals surface area contributed by atoms with E-state index in [1.165, 1.54) is 0 Å². The Kier molecular flexibility index (Phi) is 4.09. The molecule has 1 aliphatic heterocycles. The highest BCUT2D eigenvalue weighted by Crippen LogP contribution is 2.07. The fraction of sp³-hybridized carbons (Fsp3) is 0.545. The average molecular weight is 255 g/mol. The van der Waals surface area contributed by atoms with Gasteiger partial charge < -0.3 is 5.32 Å². The van der Waals surface area contributed by atoms with Gasteiger partial charge in [-0.15, -0.1) is 0 Å². The van der Waals surface area contributed by atoms with Gasteiger partial charge >= 0.3 is 0 Å². The Bertz CT molecular complexity index is 441. The lowest BCUT2D eigenvalue weighted by Gasteiger charge is -2.23. The second-order valence-electron chi connectivity index (χ2n) is 4.28. The molecule has 1 fully saturated rings. The second kappa shape index (κ2) is 5.57. The van der Waals surface area contributed by atoms with E-state index in [1.54, 1.807) is 24.5 Å². The van der Waals surface area contributed by atoms with Gasteiger partial charge in [-0.3, -0.25) is 4.98 Å². The molecular weight excluding hydrogens is 238 g/mol. The number of piperidine rings is 1. The highest BCUT2D eigenvalue weighted by molar-refractivity contribution is 7.88. The first-order valence-corrected chi connectivity index (χ1v) is 7.40. The smallest absolute Gasteiger partial charge is 0.216 e. The van der Waals surface area contributed by atoms with Crippen LogP contribution in [0.1, 0.15) is 18.4 Å². The van der Waals surface area contributed by atoms with Crippen molar-refractivity contribution in [1.82, 2.24) is 15.0 Å². The predicted octanol–water partition coefficient (Wildman–Crippen LogP) is 0.253. The van der Waals surface area contributed by atoms with Crippen LogP contribution in [-0.2, 0) is 15.8 Å². The van der Waals surface area contributed by atoms with Crippen molar-refractivity contribution in [3.8, 4) is 0 Å². The van der Waals surface area contributed by atoms with Crippen molar-refractivity contribution >= 4 is 10.0 Å². The molecule has 0 amide bonds. The van der Waals surface area contributed by atoms with Gasteiger partial charge in [0, 0.05) is 25.0 Å². The minimum atomic E-state index is -3.26. The SMILES string of the molecule is O=S(=O)(Cc1cccnc1)N[C@H]1CCCNC1. The summed E-state index contributed by atoms with van der Waals surface area (Å²) in [5, 5.41) is 3.18. The van der Waals surface area contributed by atoms with E-state index in [9.17, 15) is 8.42 Å².